The summed E-state index contributed by atoms with van der Waals surface area (Å²) in [6.07, 6.45) is 1.51. The van der Waals surface area contributed by atoms with Crippen LogP contribution in [0.5, 0.6) is 11.5 Å². The fourth-order valence-electron chi connectivity index (χ4n) is 3.90. The van der Waals surface area contributed by atoms with Crippen molar-refractivity contribution in [2.24, 2.45) is 0 Å². The van der Waals surface area contributed by atoms with E-state index in [9.17, 15) is 14.7 Å². The lowest BCUT2D eigenvalue weighted by atomic mass is 9.85. The Morgan fingerprint density at radius 2 is 1.80 bits per heavy atom. The number of ether oxygens (including phenoxy) is 1. The van der Waals surface area contributed by atoms with Crippen LogP contribution < -0.4 is 10.2 Å². The predicted molar refractivity (Wildman–Crippen MR) is 113 cm³/mol. The zero-order valence-electron chi connectivity index (χ0n) is 15.6. The number of phenols is 1. The Balaban J connectivity index is 1.75. The lowest BCUT2D eigenvalue weighted by molar-refractivity contribution is -0.135. The summed E-state index contributed by atoms with van der Waals surface area (Å²) in [7, 11) is 0. The van der Waals surface area contributed by atoms with E-state index >= 15 is 0 Å². The molecule has 1 aliphatic heterocycles. The van der Waals surface area contributed by atoms with Gasteiger partial charge in [-0.05, 0) is 35.4 Å². The van der Waals surface area contributed by atoms with Crippen molar-refractivity contribution in [3.05, 3.63) is 93.3 Å². The molecule has 0 radical (unpaired) electrons. The van der Waals surface area contributed by atoms with Gasteiger partial charge >= 0.3 is 5.97 Å². The van der Waals surface area contributed by atoms with E-state index in [1.165, 1.54) is 12.3 Å². The first-order chi connectivity index (χ1) is 14.5. The van der Waals surface area contributed by atoms with Crippen LogP contribution in [0.4, 0.5) is 0 Å². The van der Waals surface area contributed by atoms with Crippen LogP contribution in [0.3, 0.4) is 0 Å². The number of aromatic hydroxyl groups is 1. The van der Waals surface area contributed by atoms with Crippen LogP contribution in [-0.4, -0.2) is 11.1 Å². The van der Waals surface area contributed by atoms with E-state index in [0.717, 1.165) is 11.1 Å². The summed E-state index contributed by atoms with van der Waals surface area (Å²) in [6.45, 7) is 0. The van der Waals surface area contributed by atoms with E-state index in [1.54, 1.807) is 24.3 Å². The lowest BCUT2D eigenvalue weighted by Gasteiger charge is -2.25. The van der Waals surface area contributed by atoms with E-state index in [1.807, 2.05) is 30.3 Å². The highest BCUT2D eigenvalue weighted by Gasteiger charge is 2.32. The monoisotopic (exact) mass is 418 g/mol. The van der Waals surface area contributed by atoms with Gasteiger partial charge in [0.2, 0.25) is 5.43 Å². The summed E-state index contributed by atoms with van der Waals surface area (Å²) in [5.41, 5.74) is 2.77. The number of hydrogen-bond donors (Lipinski definition) is 1. The Labute approximate surface area is 176 Å². The number of benzene rings is 3. The molecule has 4 aromatic rings. The van der Waals surface area contributed by atoms with Crippen molar-refractivity contribution in [3.63, 3.8) is 0 Å². The van der Waals surface area contributed by atoms with Crippen LogP contribution in [0.1, 0.15) is 23.5 Å². The van der Waals surface area contributed by atoms with Gasteiger partial charge in [-0.1, -0.05) is 48.0 Å². The van der Waals surface area contributed by atoms with E-state index in [2.05, 4.69) is 0 Å². The minimum atomic E-state index is -0.422. The number of esters is 1. The molecule has 0 saturated heterocycles. The topological polar surface area (TPSA) is 76.7 Å². The van der Waals surface area contributed by atoms with Gasteiger partial charge < -0.3 is 14.3 Å². The molecule has 0 spiro atoms. The molecule has 1 aliphatic rings. The van der Waals surface area contributed by atoms with Crippen LogP contribution in [0.15, 0.2) is 76.1 Å². The minimum absolute atomic E-state index is 0.0454. The second kappa shape index (κ2) is 7.04. The fraction of sp³-hybridized carbons (Fsp3) is 0.0833. The Hall–Kier alpha value is -3.57. The highest BCUT2D eigenvalue weighted by atomic mass is 35.5. The number of hydrogen-bond acceptors (Lipinski definition) is 5. The number of phenolic OH excluding ortho intramolecular Hbond substituents is 1. The molecule has 1 unspecified atom stereocenters. The molecule has 2 heterocycles. The third-order valence-corrected chi connectivity index (χ3v) is 5.64. The zero-order chi connectivity index (χ0) is 20.8. The van der Waals surface area contributed by atoms with E-state index < -0.39 is 5.92 Å². The maximum Gasteiger partial charge on any atom is 0.312 e. The van der Waals surface area contributed by atoms with Gasteiger partial charge in [-0.3, -0.25) is 9.59 Å². The summed E-state index contributed by atoms with van der Waals surface area (Å²) >= 11 is 6.09. The van der Waals surface area contributed by atoms with Crippen LogP contribution in [0.2, 0.25) is 5.02 Å². The van der Waals surface area contributed by atoms with Crippen LogP contribution in [0.25, 0.3) is 22.1 Å². The van der Waals surface area contributed by atoms with Gasteiger partial charge in [-0.25, -0.2) is 0 Å². The third-order valence-electron chi connectivity index (χ3n) is 5.34. The van der Waals surface area contributed by atoms with Crippen LogP contribution >= 0.6 is 11.6 Å². The van der Waals surface area contributed by atoms with Gasteiger partial charge in [0, 0.05) is 11.5 Å². The second-order valence-electron chi connectivity index (χ2n) is 7.14. The minimum Gasteiger partial charge on any atom is -0.506 e. The first kappa shape index (κ1) is 18.5. The quantitative estimate of drug-likeness (QED) is 0.355. The Kier molecular flexibility index (Phi) is 4.33. The highest BCUT2D eigenvalue weighted by molar-refractivity contribution is 6.32. The molecule has 5 nitrogen and oxygen atoms in total. The second-order valence-corrected chi connectivity index (χ2v) is 7.55. The lowest BCUT2D eigenvalue weighted by Crippen LogP contribution is -2.22. The SMILES string of the molecule is O=C1CC(c2ccc(O)c(Cl)c2)c2c(ccc3c(=O)c(-c4ccccc4)coc23)O1. The molecule has 6 heteroatoms. The summed E-state index contributed by atoms with van der Waals surface area (Å²) in [5.74, 6) is -0.507. The van der Waals surface area contributed by atoms with Crippen molar-refractivity contribution >= 4 is 28.5 Å². The van der Waals surface area contributed by atoms with Gasteiger partial charge in [-0.2, -0.15) is 0 Å². The molecule has 1 N–H and O–H groups in total. The highest BCUT2D eigenvalue weighted by Crippen LogP contribution is 2.44. The molecule has 148 valence electrons. The Morgan fingerprint density at radius 3 is 2.57 bits per heavy atom. The van der Waals surface area contributed by atoms with E-state index in [0.29, 0.717) is 27.8 Å². The molecular formula is C24H15ClO5. The maximum atomic E-state index is 13.2. The molecule has 0 aliphatic carbocycles. The van der Waals surface area contributed by atoms with Crippen molar-refractivity contribution in [2.45, 2.75) is 12.3 Å². The number of carbonyl (C=O) groups excluding carboxylic acids is 1. The standard InChI is InChI=1S/C24H15ClO5/c25-18-10-14(6-8-19(18)26)16-11-21(27)30-20-9-7-15-23(28)17(12-29-24(15)22(16)20)13-4-2-1-3-5-13/h1-10,12,16,26H,11H2. The van der Waals surface area contributed by atoms with Crippen LogP contribution in [0, 0.1) is 0 Å². The number of halogens is 1. The smallest absolute Gasteiger partial charge is 0.312 e. The van der Waals surface area contributed by atoms with Crippen LogP contribution in [-0.2, 0) is 4.79 Å². The number of fused-ring (bicyclic) bond motifs is 3. The fourth-order valence-corrected chi connectivity index (χ4v) is 4.09. The molecule has 0 fully saturated rings. The molecule has 5 rings (SSSR count). The summed E-state index contributed by atoms with van der Waals surface area (Å²) in [4.78, 5) is 25.4. The van der Waals surface area contributed by atoms with E-state index in [-0.39, 0.29) is 28.6 Å². The summed E-state index contributed by atoms with van der Waals surface area (Å²) in [5, 5.41) is 10.3. The average Bonchev–Trinajstić information content (AvgIpc) is 2.75. The van der Waals surface area contributed by atoms with E-state index in [4.69, 9.17) is 20.8 Å². The first-order valence-corrected chi connectivity index (χ1v) is 9.73. The third kappa shape index (κ3) is 2.95. The predicted octanol–water partition coefficient (Wildman–Crippen LogP) is 5.26. The van der Waals surface area contributed by atoms with Gasteiger partial charge in [0.1, 0.15) is 23.3 Å². The summed E-state index contributed by atoms with van der Waals surface area (Å²) in [6, 6.07) is 17.3. The number of rotatable bonds is 2. The normalized spacial score (nSPS) is 15.6. The molecular weight excluding hydrogens is 404 g/mol. The molecule has 0 amide bonds. The average molecular weight is 419 g/mol. The molecule has 0 bridgehead atoms. The zero-order valence-corrected chi connectivity index (χ0v) is 16.3. The van der Waals surface area contributed by atoms with Gasteiger partial charge in [-0.15, -0.1) is 0 Å². The maximum absolute atomic E-state index is 13.2. The molecule has 1 atom stereocenters. The molecule has 1 aromatic heterocycles. The van der Waals surface area contributed by atoms with Crippen molar-refractivity contribution in [2.75, 3.05) is 0 Å². The molecule has 0 saturated carbocycles. The van der Waals surface area contributed by atoms with Gasteiger partial charge in [0.05, 0.1) is 22.4 Å². The summed E-state index contributed by atoms with van der Waals surface area (Å²) < 4.78 is 11.4. The van der Waals surface area contributed by atoms with Crippen molar-refractivity contribution in [1.82, 2.24) is 0 Å². The number of carbonyl (C=O) groups is 1. The van der Waals surface area contributed by atoms with Crippen molar-refractivity contribution < 1.29 is 19.1 Å². The molecule has 3 aromatic carbocycles. The molecule has 30 heavy (non-hydrogen) atoms. The van der Waals surface area contributed by atoms with Gasteiger partial charge in [0.25, 0.3) is 0 Å². The Morgan fingerprint density at radius 1 is 1.00 bits per heavy atom. The van der Waals surface area contributed by atoms with Crippen molar-refractivity contribution in [1.29, 1.82) is 0 Å². The largest absolute Gasteiger partial charge is 0.506 e. The Bertz CT molecular complexity index is 1360. The van der Waals surface area contributed by atoms with Crippen molar-refractivity contribution in [3.8, 4) is 22.6 Å². The first-order valence-electron chi connectivity index (χ1n) is 9.36. The van der Waals surface area contributed by atoms with Gasteiger partial charge in [0.15, 0.2) is 0 Å².